The first-order valence-electron chi connectivity index (χ1n) is 12.5. The zero-order valence-corrected chi connectivity index (χ0v) is 21.8. The molecule has 3 amide bonds. The number of fused-ring (bicyclic) bond motifs is 2. The fourth-order valence-corrected chi connectivity index (χ4v) is 4.42. The van der Waals surface area contributed by atoms with Crippen LogP contribution in [0.2, 0.25) is 5.02 Å². The number of nitrogens with zero attached hydrogens (tertiary/aromatic N) is 2. The molecule has 2 N–H and O–H groups in total. The second kappa shape index (κ2) is 12.1. The van der Waals surface area contributed by atoms with Crippen LogP contribution in [0.5, 0.6) is 5.75 Å². The zero-order chi connectivity index (χ0) is 26.4. The molecule has 194 valence electrons. The molecule has 0 radical (unpaired) electrons. The van der Waals surface area contributed by atoms with Gasteiger partial charge in [-0.05, 0) is 55.2 Å². The molecule has 0 unspecified atom stereocenters. The summed E-state index contributed by atoms with van der Waals surface area (Å²) >= 11 is 6.13. The van der Waals surface area contributed by atoms with Crippen LogP contribution < -0.4 is 15.4 Å². The minimum Gasteiger partial charge on any atom is -0.491 e. The van der Waals surface area contributed by atoms with Crippen LogP contribution in [0.1, 0.15) is 47.4 Å². The van der Waals surface area contributed by atoms with Gasteiger partial charge in [0.1, 0.15) is 12.4 Å². The van der Waals surface area contributed by atoms with Gasteiger partial charge in [-0.25, -0.2) is 0 Å². The lowest BCUT2D eigenvalue weighted by molar-refractivity contribution is -0.123. The number of amides is 3. The Morgan fingerprint density at radius 3 is 2.78 bits per heavy atom. The molecule has 0 spiro atoms. The molecular formula is C28H31ClN4O4. The van der Waals surface area contributed by atoms with Gasteiger partial charge in [0.2, 0.25) is 5.91 Å². The third-order valence-corrected chi connectivity index (χ3v) is 6.63. The fraction of sp³-hybridized carbons (Fsp3) is 0.357. The number of rotatable bonds is 2. The maximum Gasteiger partial charge on any atom is 0.255 e. The summed E-state index contributed by atoms with van der Waals surface area (Å²) in [6.07, 6.45) is 2.91. The number of benzene rings is 2. The normalized spacial score (nSPS) is 17.7. The maximum absolute atomic E-state index is 13.6. The standard InChI is InChI=1S/C28H31ClN4O4/c1-18(2)24-17-37-25-11-10-19(29)15-22(25)27(35)31-12-3-4-14-33(16-26(34)32-24)28(36)21-7-5-9-23-20(21)8-6-13-30-23/h5-11,13,15,18,24H,3-4,12,14,16-17H2,1-2H3,(H,31,35)(H,32,34)/t24-/m1/s1. The molecule has 1 aromatic heterocycles. The van der Waals surface area contributed by atoms with Crippen molar-refractivity contribution in [2.75, 3.05) is 26.2 Å². The van der Waals surface area contributed by atoms with Crippen LogP contribution in [0.25, 0.3) is 10.9 Å². The third-order valence-electron chi connectivity index (χ3n) is 6.39. The fourth-order valence-electron chi connectivity index (χ4n) is 4.25. The highest BCUT2D eigenvalue weighted by Gasteiger charge is 2.24. The molecule has 2 heterocycles. The van der Waals surface area contributed by atoms with Crippen molar-refractivity contribution in [3.05, 3.63) is 70.9 Å². The molecule has 2 aromatic carbocycles. The van der Waals surface area contributed by atoms with Gasteiger partial charge in [-0.1, -0.05) is 37.6 Å². The maximum atomic E-state index is 13.6. The first-order chi connectivity index (χ1) is 17.8. The summed E-state index contributed by atoms with van der Waals surface area (Å²) in [5.41, 5.74) is 1.56. The van der Waals surface area contributed by atoms with Gasteiger partial charge in [-0.3, -0.25) is 19.4 Å². The Bertz CT molecular complexity index is 1290. The first-order valence-corrected chi connectivity index (χ1v) is 12.8. The molecule has 1 aliphatic heterocycles. The smallest absolute Gasteiger partial charge is 0.255 e. The third kappa shape index (κ3) is 6.57. The van der Waals surface area contributed by atoms with Gasteiger partial charge in [-0.15, -0.1) is 0 Å². The molecule has 0 saturated heterocycles. The van der Waals surface area contributed by atoms with E-state index < -0.39 is 0 Å². The van der Waals surface area contributed by atoms with Crippen molar-refractivity contribution in [1.82, 2.24) is 20.5 Å². The van der Waals surface area contributed by atoms with Gasteiger partial charge >= 0.3 is 0 Å². The van der Waals surface area contributed by atoms with Crippen LogP contribution in [0.15, 0.2) is 54.7 Å². The van der Waals surface area contributed by atoms with Crippen LogP contribution in [-0.2, 0) is 4.79 Å². The minimum absolute atomic E-state index is 0.0532. The van der Waals surface area contributed by atoms with Crippen molar-refractivity contribution in [3.63, 3.8) is 0 Å². The van der Waals surface area contributed by atoms with Crippen LogP contribution in [0.4, 0.5) is 0 Å². The Hall–Kier alpha value is -3.65. The molecular weight excluding hydrogens is 492 g/mol. The summed E-state index contributed by atoms with van der Waals surface area (Å²) in [5.74, 6) is -0.333. The lowest BCUT2D eigenvalue weighted by atomic mass is 10.0. The molecule has 0 fully saturated rings. The lowest BCUT2D eigenvalue weighted by Crippen LogP contribution is -2.48. The second-order valence-electron chi connectivity index (χ2n) is 9.43. The number of nitrogens with one attached hydrogen (secondary N) is 2. The van der Waals surface area contributed by atoms with E-state index in [1.54, 1.807) is 47.5 Å². The van der Waals surface area contributed by atoms with E-state index in [9.17, 15) is 14.4 Å². The minimum atomic E-state index is -0.331. The number of halogens is 1. The van der Waals surface area contributed by atoms with Crippen LogP contribution in [0, 0.1) is 5.92 Å². The van der Waals surface area contributed by atoms with Crippen molar-refractivity contribution >= 4 is 40.2 Å². The number of pyridine rings is 1. The quantitative estimate of drug-likeness (QED) is 0.528. The van der Waals surface area contributed by atoms with Gasteiger partial charge < -0.3 is 20.3 Å². The molecule has 0 saturated carbocycles. The number of carbonyl (C=O) groups is 3. The summed E-state index contributed by atoms with van der Waals surface area (Å²) in [7, 11) is 0. The number of aromatic nitrogens is 1. The molecule has 9 heteroatoms. The van der Waals surface area contributed by atoms with Crippen LogP contribution in [0.3, 0.4) is 0 Å². The van der Waals surface area contributed by atoms with E-state index in [2.05, 4.69) is 15.6 Å². The van der Waals surface area contributed by atoms with Crippen molar-refractivity contribution in [3.8, 4) is 5.75 Å². The molecule has 3 aromatic rings. The van der Waals surface area contributed by atoms with Crippen molar-refractivity contribution in [1.29, 1.82) is 0 Å². The van der Waals surface area contributed by atoms with E-state index in [4.69, 9.17) is 16.3 Å². The average Bonchev–Trinajstić information content (AvgIpc) is 2.89. The largest absolute Gasteiger partial charge is 0.491 e. The highest BCUT2D eigenvalue weighted by Crippen LogP contribution is 2.24. The van der Waals surface area contributed by atoms with Crippen LogP contribution >= 0.6 is 11.6 Å². The molecule has 1 atom stereocenters. The summed E-state index contributed by atoms with van der Waals surface area (Å²) < 4.78 is 5.98. The van der Waals surface area contributed by atoms with E-state index in [0.717, 1.165) is 10.9 Å². The number of ether oxygens (including phenoxy) is 1. The Balaban J connectivity index is 1.59. The molecule has 8 nitrogen and oxygen atoms in total. The van der Waals surface area contributed by atoms with E-state index in [1.165, 1.54) is 0 Å². The molecule has 0 aliphatic carbocycles. The van der Waals surface area contributed by atoms with Crippen molar-refractivity contribution in [2.24, 2.45) is 5.92 Å². The van der Waals surface area contributed by atoms with Gasteiger partial charge in [0.05, 0.1) is 23.7 Å². The van der Waals surface area contributed by atoms with Crippen LogP contribution in [-0.4, -0.2) is 59.9 Å². The second-order valence-corrected chi connectivity index (χ2v) is 9.87. The Morgan fingerprint density at radius 2 is 1.97 bits per heavy atom. The molecule has 4 rings (SSSR count). The van der Waals surface area contributed by atoms with E-state index in [-0.39, 0.29) is 42.8 Å². The van der Waals surface area contributed by atoms with Crippen molar-refractivity contribution in [2.45, 2.75) is 32.7 Å². The molecule has 37 heavy (non-hydrogen) atoms. The van der Waals surface area contributed by atoms with E-state index >= 15 is 0 Å². The predicted octanol–water partition coefficient (Wildman–Crippen LogP) is 4.07. The van der Waals surface area contributed by atoms with Crippen molar-refractivity contribution < 1.29 is 19.1 Å². The Morgan fingerprint density at radius 1 is 1.14 bits per heavy atom. The summed E-state index contributed by atoms with van der Waals surface area (Å²) in [5, 5.41) is 7.09. The summed E-state index contributed by atoms with van der Waals surface area (Å²) in [4.78, 5) is 45.5. The van der Waals surface area contributed by atoms with E-state index in [0.29, 0.717) is 47.8 Å². The van der Waals surface area contributed by atoms with Gasteiger partial charge in [0.15, 0.2) is 0 Å². The highest BCUT2D eigenvalue weighted by molar-refractivity contribution is 6.31. The van der Waals surface area contributed by atoms with E-state index in [1.807, 2.05) is 26.0 Å². The number of hydrogen-bond donors (Lipinski definition) is 2. The average molecular weight is 523 g/mol. The molecule has 1 aliphatic rings. The predicted molar refractivity (Wildman–Crippen MR) is 143 cm³/mol. The highest BCUT2D eigenvalue weighted by atomic mass is 35.5. The first kappa shape index (κ1) is 26.4. The zero-order valence-electron chi connectivity index (χ0n) is 21.0. The SMILES string of the molecule is CC(C)[C@H]1COc2ccc(Cl)cc2C(=O)NCCCCN(C(=O)c2cccc3ncccc23)CC(=O)N1. The van der Waals surface area contributed by atoms with Gasteiger partial charge in [-0.2, -0.15) is 0 Å². The summed E-state index contributed by atoms with van der Waals surface area (Å²) in [6, 6.07) is 13.6. The number of hydrogen-bond acceptors (Lipinski definition) is 5. The molecule has 0 bridgehead atoms. The lowest BCUT2D eigenvalue weighted by Gasteiger charge is -2.26. The van der Waals surface area contributed by atoms with Gasteiger partial charge in [0.25, 0.3) is 11.8 Å². The number of carbonyl (C=O) groups excluding carboxylic acids is 3. The monoisotopic (exact) mass is 522 g/mol. The summed E-state index contributed by atoms with van der Waals surface area (Å²) in [6.45, 7) is 4.80. The topological polar surface area (TPSA) is 101 Å². The Kier molecular flexibility index (Phi) is 8.61. The Labute approximate surface area is 221 Å². The van der Waals surface area contributed by atoms with Gasteiger partial charge in [0, 0.05) is 35.3 Å².